The van der Waals surface area contributed by atoms with E-state index in [0.717, 1.165) is 38.9 Å². The molecular weight excluding hydrogens is 577 g/mol. The number of nitrogens with one attached hydrogen (secondary N) is 2. The third-order valence-corrected chi connectivity index (χ3v) is 8.54. The molecular formula is C39H34N2O5. The predicted octanol–water partition coefficient (Wildman–Crippen LogP) is 6.87. The molecule has 6 rings (SSSR count). The van der Waals surface area contributed by atoms with E-state index in [1.807, 2.05) is 140 Å². The van der Waals surface area contributed by atoms with Gasteiger partial charge in [0.15, 0.2) is 0 Å². The van der Waals surface area contributed by atoms with Crippen LogP contribution in [-0.2, 0) is 19.9 Å². The molecule has 1 aliphatic rings. The summed E-state index contributed by atoms with van der Waals surface area (Å²) in [4.78, 5) is 38.7. The number of carbonyl (C=O) groups excluding carboxylic acids is 2. The van der Waals surface area contributed by atoms with Crippen LogP contribution < -0.4 is 10.6 Å². The number of alkyl carbamates (subject to hydrolysis) is 1. The average molecular weight is 612 g/mol. The molecule has 0 bridgehead atoms. The lowest BCUT2D eigenvalue weighted by Crippen LogP contribution is -2.48. The van der Waals surface area contributed by atoms with Crippen molar-refractivity contribution in [3.63, 3.8) is 0 Å². The quantitative estimate of drug-likeness (QED) is 0.112. The molecule has 0 saturated heterocycles. The fraction of sp³-hybridized carbons (Fsp3) is 0.154. The number of amides is 2. The first kappa shape index (κ1) is 30.3. The van der Waals surface area contributed by atoms with Crippen LogP contribution in [0.2, 0.25) is 0 Å². The second-order valence-corrected chi connectivity index (χ2v) is 11.3. The number of rotatable bonds is 11. The molecule has 1 atom stereocenters. The molecule has 3 N–H and O–H groups in total. The zero-order valence-corrected chi connectivity index (χ0v) is 25.1. The van der Waals surface area contributed by atoms with Crippen molar-refractivity contribution in [3.8, 4) is 11.1 Å². The van der Waals surface area contributed by atoms with Crippen molar-refractivity contribution >= 4 is 18.0 Å². The van der Waals surface area contributed by atoms with E-state index in [2.05, 4.69) is 10.6 Å². The van der Waals surface area contributed by atoms with Gasteiger partial charge in [0.25, 0.3) is 0 Å². The first-order valence-corrected chi connectivity index (χ1v) is 15.3. The van der Waals surface area contributed by atoms with Crippen molar-refractivity contribution in [1.82, 2.24) is 10.6 Å². The van der Waals surface area contributed by atoms with Crippen LogP contribution in [-0.4, -0.2) is 35.7 Å². The van der Waals surface area contributed by atoms with Gasteiger partial charge in [0.1, 0.15) is 18.2 Å². The molecule has 0 saturated carbocycles. The number of fused-ring (bicyclic) bond motifs is 3. The van der Waals surface area contributed by atoms with Crippen LogP contribution in [0.4, 0.5) is 4.79 Å². The summed E-state index contributed by atoms with van der Waals surface area (Å²) >= 11 is 0. The van der Waals surface area contributed by atoms with Crippen molar-refractivity contribution in [1.29, 1.82) is 0 Å². The number of carboxylic acids is 1. The summed E-state index contributed by atoms with van der Waals surface area (Å²) in [5, 5.41) is 15.6. The van der Waals surface area contributed by atoms with Crippen molar-refractivity contribution < 1.29 is 24.2 Å². The van der Waals surface area contributed by atoms with Gasteiger partial charge < -0.3 is 20.5 Å². The van der Waals surface area contributed by atoms with Crippen LogP contribution in [0.25, 0.3) is 11.1 Å². The monoisotopic (exact) mass is 611 g/mol. The summed E-state index contributed by atoms with van der Waals surface area (Å²) in [7, 11) is 0. The number of ether oxygens (including phenoxy) is 1. The first-order valence-electron chi connectivity index (χ1n) is 15.3. The fourth-order valence-electron chi connectivity index (χ4n) is 6.37. The smallest absolute Gasteiger partial charge is 0.407 e. The van der Waals surface area contributed by atoms with E-state index < -0.39 is 23.6 Å². The van der Waals surface area contributed by atoms with Crippen molar-refractivity contribution in [2.45, 2.75) is 30.3 Å². The van der Waals surface area contributed by atoms with Crippen molar-refractivity contribution in [2.24, 2.45) is 0 Å². The van der Waals surface area contributed by atoms with Gasteiger partial charge in [-0.3, -0.25) is 4.79 Å². The lowest BCUT2D eigenvalue weighted by atomic mass is 9.77. The number of hydrogen-bond acceptors (Lipinski definition) is 4. The van der Waals surface area contributed by atoms with Crippen molar-refractivity contribution in [2.75, 3.05) is 6.61 Å². The largest absolute Gasteiger partial charge is 0.480 e. The van der Waals surface area contributed by atoms with Gasteiger partial charge in [-0.15, -0.1) is 0 Å². The van der Waals surface area contributed by atoms with Crippen LogP contribution in [0.15, 0.2) is 140 Å². The maximum Gasteiger partial charge on any atom is 0.407 e. The molecule has 5 aromatic carbocycles. The van der Waals surface area contributed by atoms with E-state index in [1.54, 1.807) is 0 Å². The summed E-state index contributed by atoms with van der Waals surface area (Å²) in [5.41, 5.74) is 5.84. The Labute approximate surface area is 267 Å². The van der Waals surface area contributed by atoms with Gasteiger partial charge in [-0.05, 0) is 45.4 Å². The number of carboxylic acid groups (broad SMARTS) is 1. The lowest BCUT2D eigenvalue weighted by molar-refractivity contribution is -0.139. The third-order valence-electron chi connectivity index (χ3n) is 8.54. The minimum atomic E-state index is -1.32. The third kappa shape index (κ3) is 6.13. The Morgan fingerprint density at radius 1 is 0.652 bits per heavy atom. The Bertz CT molecular complexity index is 1680. The maximum atomic E-state index is 13.7. The van der Waals surface area contributed by atoms with Crippen molar-refractivity contribution in [3.05, 3.63) is 167 Å². The normalized spacial score (nSPS) is 12.8. The van der Waals surface area contributed by atoms with Gasteiger partial charge >= 0.3 is 12.1 Å². The topological polar surface area (TPSA) is 105 Å². The molecule has 7 nitrogen and oxygen atoms in total. The first-order chi connectivity index (χ1) is 22.5. The Morgan fingerprint density at radius 3 is 1.54 bits per heavy atom. The Kier molecular flexibility index (Phi) is 8.92. The number of carbonyl (C=O) groups is 3. The lowest BCUT2D eigenvalue weighted by Gasteiger charge is -2.37. The zero-order valence-electron chi connectivity index (χ0n) is 25.1. The van der Waals surface area contributed by atoms with E-state index in [-0.39, 0.29) is 31.3 Å². The summed E-state index contributed by atoms with van der Waals surface area (Å²) < 4.78 is 5.57. The van der Waals surface area contributed by atoms with E-state index in [1.165, 1.54) is 0 Å². The second-order valence-electron chi connectivity index (χ2n) is 11.3. The van der Waals surface area contributed by atoms with Crippen LogP contribution in [0.1, 0.15) is 46.6 Å². The van der Waals surface area contributed by atoms with E-state index in [9.17, 15) is 19.5 Å². The Hall–Kier alpha value is -5.69. The summed E-state index contributed by atoms with van der Waals surface area (Å²) in [5.74, 6) is -1.77. The molecule has 1 aliphatic carbocycles. The molecule has 2 amide bonds. The van der Waals surface area contributed by atoms with Gasteiger partial charge in [0, 0.05) is 12.3 Å². The molecule has 0 spiro atoms. The minimum Gasteiger partial charge on any atom is -0.480 e. The number of benzene rings is 5. The van der Waals surface area contributed by atoms with Crippen LogP contribution >= 0.6 is 0 Å². The summed E-state index contributed by atoms with van der Waals surface area (Å²) in [6.07, 6.45) is -1.11. The van der Waals surface area contributed by atoms with Crippen LogP contribution in [0.3, 0.4) is 0 Å². The molecule has 0 radical (unpaired) electrons. The molecule has 0 unspecified atom stereocenters. The molecule has 0 heterocycles. The zero-order chi connectivity index (χ0) is 31.9. The Balaban J connectivity index is 1.15. The van der Waals surface area contributed by atoms with E-state index in [0.29, 0.717) is 0 Å². The molecule has 46 heavy (non-hydrogen) atoms. The van der Waals surface area contributed by atoms with Gasteiger partial charge in [-0.1, -0.05) is 140 Å². The highest BCUT2D eigenvalue weighted by atomic mass is 16.6. The average Bonchev–Trinajstić information content (AvgIpc) is 3.42. The van der Waals surface area contributed by atoms with Crippen LogP contribution in [0.5, 0.6) is 0 Å². The molecule has 230 valence electrons. The van der Waals surface area contributed by atoms with Gasteiger partial charge in [0.2, 0.25) is 5.91 Å². The predicted molar refractivity (Wildman–Crippen MR) is 176 cm³/mol. The molecule has 5 aromatic rings. The van der Waals surface area contributed by atoms with Gasteiger partial charge in [0.05, 0.1) is 0 Å². The standard InChI is InChI=1S/C39H34N2O5/c42-36(41-39(27-14-4-1-5-15-27,28-16-6-2-7-17-28)29-18-8-3-9-19-29)25-24-35(37(43)44)40-38(45)46-26-34-32-22-12-10-20-30(32)31-21-11-13-23-33(31)34/h1-23,34-35H,24-26H2,(H,40,45)(H,41,42)(H,43,44)/t35-/m0/s1/i40+1. The highest BCUT2D eigenvalue weighted by Crippen LogP contribution is 2.44. The van der Waals surface area contributed by atoms with E-state index in [4.69, 9.17) is 4.74 Å². The minimum absolute atomic E-state index is 0.0560. The maximum absolute atomic E-state index is 13.7. The molecule has 0 aromatic heterocycles. The molecule has 7 heteroatoms. The SMILES string of the molecule is O=C(CC[C@H]([15NH]C(=O)OCC1c2ccccc2-c2ccccc21)C(=O)O)NC(c1ccccc1)(c1ccccc1)c1ccccc1. The van der Waals surface area contributed by atoms with Gasteiger partial charge in [-0.2, -0.15) is 0 Å². The summed E-state index contributed by atoms with van der Waals surface area (Å²) in [6, 6.07) is 43.6. The fourth-order valence-corrected chi connectivity index (χ4v) is 6.37. The molecule has 0 fully saturated rings. The summed E-state index contributed by atoms with van der Waals surface area (Å²) in [6.45, 7) is 0.0560. The second kappa shape index (κ2) is 13.5. The molecule has 0 aliphatic heterocycles. The Morgan fingerprint density at radius 2 is 1.09 bits per heavy atom. The number of hydrogen-bond donors (Lipinski definition) is 3. The highest BCUT2D eigenvalue weighted by Gasteiger charge is 2.38. The van der Waals surface area contributed by atoms with E-state index >= 15 is 0 Å². The van der Waals surface area contributed by atoms with Crippen LogP contribution in [0, 0.1) is 0 Å². The van der Waals surface area contributed by atoms with Gasteiger partial charge in [-0.25, -0.2) is 9.59 Å². The number of aliphatic carboxylic acids is 1. The highest BCUT2D eigenvalue weighted by molar-refractivity contribution is 5.83.